The van der Waals surface area contributed by atoms with Gasteiger partial charge < -0.3 is 4.90 Å². The van der Waals surface area contributed by atoms with Crippen LogP contribution in [0, 0.1) is 23.7 Å². The molecule has 9 aromatic carbocycles. The van der Waals surface area contributed by atoms with Crippen molar-refractivity contribution in [2.45, 2.75) is 56.8 Å². The number of fused-ring (bicyclic) bond motifs is 7. The normalized spacial score (nSPS) is 22.3. The summed E-state index contributed by atoms with van der Waals surface area (Å²) in [6, 6.07) is 76.1. The Morgan fingerprint density at radius 2 is 0.833 bits per heavy atom. The highest BCUT2D eigenvalue weighted by Gasteiger charge is 2.61. The lowest BCUT2D eigenvalue weighted by atomic mass is 9.43. The molecular weight excluding hydrogens is 795 g/mol. The van der Waals surface area contributed by atoms with Crippen LogP contribution in [0.15, 0.2) is 200 Å². The second-order valence-electron chi connectivity index (χ2n) is 20.8. The zero-order chi connectivity index (χ0) is 43.7. The molecule has 6 aliphatic rings. The molecule has 4 bridgehead atoms. The first-order chi connectivity index (χ1) is 32.4. The summed E-state index contributed by atoms with van der Waals surface area (Å²) in [5.41, 5.74) is 22.8. The van der Waals surface area contributed by atoms with Gasteiger partial charge in [0.15, 0.2) is 0 Å². The number of benzene rings is 9. The number of rotatable bonds is 6. The SMILES string of the molecule is CC1(C)c2ccccc2-c2cccc(-c3ccccc3-c3ccc(N(c4ccc(-c5cccc6ccccc56)cc4)c4ccc5c(c4)C4(c6ccccc6-5)C5CC6CC(C5)CC4C6)cc3)c21. The Bertz CT molecular complexity index is 3370. The molecule has 66 heavy (non-hydrogen) atoms. The van der Waals surface area contributed by atoms with Gasteiger partial charge in [0, 0.05) is 27.9 Å². The molecule has 1 nitrogen and oxygen atoms in total. The van der Waals surface area contributed by atoms with E-state index in [9.17, 15) is 0 Å². The maximum Gasteiger partial charge on any atom is 0.0465 e. The van der Waals surface area contributed by atoms with Gasteiger partial charge in [0.25, 0.3) is 0 Å². The number of hydrogen-bond acceptors (Lipinski definition) is 1. The Balaban J connectivity index is 0.904. The van der Waals surface area contributed by atoms with Crippen molar-refractivity contribution in [1.82, 2.24) is 0 Å². The van der Waals surface area contributed by atoms with Gasteiger partial charge in [-0.25, -0.2) is 0 Å². The van der Waals surface area contributed by atoms with Crippen molar-refractivity contribution in [2.75, 3.05) is 4.90 Å². The van der Waals surface area contributed by atoms with Crippen LogP contribution in [0.1, 0.15) is 68.2 Å². The molecule has 15 rings (SSSR count). The van der Waals surface area contributed by atoms with Crippen LogP contribution < -0.4 is 4.90 Å². The Morgan fingerprint density at radius 1 is 0.364 bits per heavy atom. The molecule has 0 aliphatic heterocycles. The van der Waals surface area contributed by atoms with Crippen molar-refractivity contribution >= 4 is 27.8 Å². The highest BCUT2D eigenvalue weighted by molar-refractivity contribution is 5.98. The fourth-order valence-electron chi connectivity index (χ4n) is 14.8. The molecule has 9 aromatic rings. The average Bonchev–Trinajstić information content (AvgIpc) is 3.78. The van der Waals surface area contributed by atoms with E-state index >= 15 is 0 Å². The van der Waals surface area contributed by atoms with Crippen molar-refractivity contribution in [2.24, 2.45) is 23.7 Å². The predicted octanol–water partition coefficient (Wildman–Crippen LogP) is 17.3. The lowest BCUT2D eigenvalue weighted by molar-refractivity contribution is -0.0399. The average molecular weight is 848 g/mol. The van der Waals surface area contributed by atoms with E-state index in [1.165, 1.54) is 127 Å². The third kappa shape index (κ3) is 5.41. The van der Waals surface area contributed by atoms with E-state index in [1.54, 1.807) is 11.1 Å². The van der Waals surface area contributed by atoms with Crippen LogP contribution in [0.2, 0.25) is 0 Å². The topological polar surface area (TPSA) is 3.24 Å². The van der Waals surface area contributed by atoms with Gasteiger partial charge >= 0.3 is 0 Å². The van der Waals surface area contributed by atoms with Crippen LogP contribution in [-0.4, -0.2) is 0 Å². The molecular formula is C65H53N. The minimum atomic E-state index is -0.102. The second kappa shape index (κ2) is 14.3. The lowest BCUT2D eigenvalue weighted by Crippen LogP contribution is -2.55. The highest BCUT2D eigenvalue weighted by Crippen LogP contribution is 2.69. The Hall–Kier alpha value is -6.96. The minimum Gasteiger partial charge on any atom is -0.310 e. The lowest BCUT2D eigenvalue weighted by Gasteiger charge is -2.61. The van der Waals surface area contributed by atoms with E-state index < -0.39 is 0 Å². The zero-order valence-corrected chi connectivity index (χ0v) is 37.8. The molecule has 6 aliphatic carbocycles. The Labute approximate surface area is 389 Å². The maximum absolute atomic E-state index is 2.63. The van der Waals surface area contributed by atoms with Gasteiger partial charge in [0.2, 0.25) is 0 Å². The number of hydrogen-bond donors (Lipinski definition) is 0. The molecule has 4 fully saturated rings. The summed E-state index contributed by atoms with van der Waals surface area (Å²) >= 11 is 0. The molecule has 0 unspecified atom stereocenters. The fourth-order valence-corrected chi connectivity index (χ4v) is 14.8. The molecule has 318 valence electrons. The van der Waals surface area contributed by atoms with Gasteiger partial charge in [-0.05, 0) is 181 Å². The van der Waals surface area contributed by atoms with Crippen LogP contribution in [0.4, 0.5) is 17.1 Å². The molecule has 0 atom stereocenters. The van der Waals surface area contributed by atoms with Crippen LogP contribution >= 0.6 is 0 Å². The van der Waals surface area contributed by atoms with Gasteiger partial charge in [0.05, 0.1) is 0 Å². The minimum absolute atomic E-state index is 0.0976. The summed E-state index contributed by atoms with van der Waals surface area (Å²) in [6.07, 6.45) is 6.97. The molecule has 1 heteroatoms. The molecule has 0 aromatic heterocycles. The van der Waals surface area contributed by atoms with Gasteiger partial charge in [-0.3, -0.25) is 0 Å². The van der Waals surface area contributed by atoms with Gasteiger partial charge in [-0.15, -0.1) is 0 Å². The summed E-state index contributed by atoms with van der Waals surface area (Å²) in [6.45, 7) is 4.79. The highest BCUT2D eigenvalue weighted by atomic mass is 15.1. The van der Waals surface area contributed by atoms with Crippen LogP contribution in [0.3, 0.4) is 0 Å². The molecule has 0 heterocycles. The smallest absolute Gasteiger partial charge is 0.0465 e. The summed E-state index contributed by atoms with van der Waals surface area (Å²) in [7, 11) is 0. The molecule has 0 N–H and O–H groups in total. The van der Waals surface area contributed by atoms with Crippen molar-refractivity contribution in [3.05, 3.63) is 222 Å². The third-order valence-electron chi connectivity index (χ3n) is 17.3. The van der Waals surface area contributed by atoms with Gasteiger partial charge in [-0.2, -0.15) is 0 Å². The maximum atomic E-state index is 2.63. The third-order valence-corrected chi connectivity index (χ3v) is 17.3. The Kier molecular flexibility index (Phi) is 8.29. The van der Waals surface area contributed by atoms with Crippen LogP contribution in [0.5, 0.6) is 0 Å². The van der Waals surface area contributed by atoms with E-state index in [-0.39, 0.29) is 10.8 Å². The fraction of sp³-hybridized carbons (Fsp3) is 0.200. The van der Waals surface area contributed by atoms with E-state index in [0.29, 0.717) is 11.8 Å². The summed E-state index contributed by atoms with van der Waals surface area (Å²) < 4.78 is 0. The standard InChI is InChI=1S/C65H53N/c1-64(2)60-23-9-7-19-56(60)59-22-12-21-58(63(59)64)54-17-6-5-16-53(54)45-27-31-49(32-28-45)66(48-29-25-44(26-30-48)52-20-11-14-43-13-3-4-15-51(43)52)50-33-34-57-55-18-8-10-24-61(55)65(62(57)40-50)46-36-41-35-42(38-46)39-47(65)37-41/h3-34,40-42,46-47H,35-39H2,1-2H3. The van der Waals surface area contributed by atoms with Crippen LogP contribution in [-0.2, 0) is 10.8 Å². The second-order valence-corrected chi connectivity index (χ2v) is 20.8. The molecule has 1 spiro atoms. The first kappa shape index (κ1) is 38.3. The number of nitrogens with zero attached hydrogens (tertiary/aromatic N) is 1. The van der Waals surface area contributed by atoms with E-state index in [1.807, 2.05) is 0 Å². The first-order valence-corrected chi connectivity index (χ1v) is 24.5. The number of anilines is 3. The molecule has 0 radical (unpaired) electrons. The Morgan fingerprint density at radius 3 is 1.53 bits per heavy atom. The molecule has 4 saturated carbocycles. The summed E-state index contributed by atoms with van der Waals surface area (Å²) in [4.78, 5) is 2.53. The van der Waals surface area contributed by atoms with E-state index in [4.69, 9.17) is 0 Å². The zero-order valence-electron chi connectivity index (χ0n) is 37.8. The van der Waals surface area contributed by atoms with Crippen molar-refractivity contribution in [3.63, 3.8) is 0 Å². The summed E-state index contributed by atoms with van der Waals surface area (Å²) in [5, 5.41) is 2.55. The van der Waals surface area contributed by atoms with E-state index in [0.717, 1.165) is 11.8 Å². The van der Waals surface area contributed by atoms with Gasteiger partial charge in [-0.1, -0.05) is 178 Å². The predicted molar refractivity (Wildman–Crippen MR) is 276 cm³/mol. The van der Waals surface area contributed by atoms with Crippen LogP contribution in [0.25, 0.3) is 66.4 Å². The molecule has 0 saturated heterocycles. The monoisotopic (exact) mass is 847 g/mol. The largest absolute Gasteiger partial charge is 0.310 e. The van der Waals surface area contributed by atoms with Crippen molar-refractivity contribution in [1.29, 1.82) is 0 Å². The van der Waals surface area contributed by atoms with Crippen molar-refractivity contribution in [3.8, 4) is 55.6 Å². The molecule has 0 amide bonds. The van der Waals surface area contributed by atoms with Gasteiger partial charge in [0.1, 0.15) is 0 Å². The first-order valence-electron chi connectivity index (χ1n) is 24.5. The van der Waals surface area contributed by atoms with E-state index in [2.05, 4.69) is 219 Å². The quantitative estimate of drug-likeness (QED) is 0.161. The summed E-state index contributed by atoms with van der Waals surface area (Å²) in [5.74, 6) is 3.24. The van der Waals surface area contributed by atoms with Crippen molar-refractivity contribution < 1.29 is 0 Å².